The SMILES string of the molecule is COc1ccccc1-c1c(CN2CCN(C)CC2)cnn1-c1ccc(-c2ccsc2)cc1. The molecule has 5 nitrogen and oxygen atoms in total. The first-order valence-corrected chi connectivity index (χ1v) is 11.9. The van der Waals surface area contributed by atoms with Gasteiger partial charge in [0, 0.05) is 43.9 Å². The second kappa shape index (κ2) is 9.28. The van der Waals surface area contributed by atoms with Gasteiger partial charge in [0.05, 0.1) is 24.7 Å². The Bertz CT molecular complexity index is 1160. The third-order valence-electron chi connectivity index (χ3n) is 6.16. The van der Waals surface area contributed by atoms with Crippen molar-refractivity contribution in [2.24, 2.45) is 0 Å². The number of nitrogens with zero attached hydrogens (tertiary/aromatic N) is 4. The zero-order chi connectivity index (χ0) is 21.9. The Kier molecular flexibility index (Phi) is 6.08. The Labute approximate surface area is 193 Å². The van der Waals surface area contributed by atoms with Crippen LogP contribution in [0.4, 0.5) is 0 Å². The molecule has 5 rings (SSSR count). The zero-order valence-electron chi connectivity index (χ0n) is 18.6. The lowest BCUT2D eigenvalue weighted by Gasteiger charge is -2.32. The first-order valence-electron chi connectivity index (χ1n) is 11.0. The van der Waals surface area contributed by atoms with E-state index in [9.17, 15) is 0 Å². The topological polar surface area (TPSA) is 33.5 Å². The number of likely N-dealkylation sites (N-methyl/N-ethyl adjacent to an activating group) is 1. The van der Waals surface area contributed by atoms with Crippen LogP contribution in [0.3, 0.4) is 0 Å². The molecular weight excluding hydrogens is 416 g/mol. The number of hydrogen-bond donors (Lipinski definition) is 0. The number of para-hydroxylation sites is 1. The van der Waals surface area contributed by atoms with Crippen LogP contribution in [0.5, 0.6) is 5.75 Å². The minimum atomic E-state index is 0.865. The van der Waals surface area contributed by atoms with Crippen LogP contribution in [0.2, 0.25) is 0 Å². The molecule has 1 saturated heterocycles. The number of ether oxygens (including phenoxy) is 1. The Hall–Kier alpha value is -2.93. The van der Waals surface area contributed by atoms with Crippen molar-refractivity contribution in [3.63, 3.8) is 0 Å². The summed E-state index contributed by atoms with van der Waals surface area (Å²) in [4.78, 5) is 4.90. The third kappa shape index (κ3) is 4.21. The predicted molar refractivity (Wildman–Crippen MR) is 132 cm³/mol. The number of aromatic nitrogens is 2. The van der Waals surface area contributed by atoms with Gasteiger partial charge in [-0.3, -0.25) is 4.90 Å². The van der Waals surface area contributed by atoms with Gasteiger partial charge in [-0.15, -0.1) is 0 Å². The summed E-state index contributed by atoms with van der Waals surface area (Å²) in [5.41, 5.74) is 6.92. The summed E-state index contributed by atoms with van der Waals surface area (Å²) in [6, 6.07) is 19.0. The van der Waals surface area contributed by atoms with Crippen LogP contribution < -0.4 is 4.74 Å². The van der Waals surface area contributed by atoms with Crippen molar-refractivity contribution in [1.29, 1.82) is 0 Å². The van der Waals surface area contributed by atoms with Crippen molar-refractivity contribution in [3.05, 3.63) is 77.1 Å². The fourth-order valence-corrected chi connectivity index (χ4v) is 4.96. The lowest BCUT2D eigenvalue weighted by molar-refractivity contribution is 0.148. The molecule has 2 aromatic heterocycles. The first-order chi connectivity index (χ1) is 15.7. The molecule has 0 bridgehead atoms. The van der Waals surface area contributed by atoms with Crippen molar-refractivity contribution >= 4 is 11.3 Å². The molecule has 0 amide bonds. The zero-order valence-corrected chi connectivity index (χ0v) is 19.4. The molecular formula is C26H28N4OS. The van der Waals surface area contributed by atoms with Gasteiger partial charge in [0.25, 0.3) is 0 Å². The van der Waals surface area contributed by atoms with Gasteiger partial charge in [-0.05, 0) is 59.3 Å². The quantitative estimate of drug-likeness (QED) is 0.418. The second-order valence-corrected chi connectivity index (χ2v) is 9.05. The van der Waals surface area contributed by atoms with Crippen LogP contribution in [0.15, 0.2) is 71.6 Å². The Morgan fingerprint density at radius 2 is 1.72 bits per heavy atom. The summed E-state index contributed by atoms with van der Waals surface area (Å²) in [6.07, 6.45) is 2.02. The standard InChI is InChI=1S/C26H28N4OS/c1-28-12-14-29(15-13-28)18-22-17-27-30(26(22)24-5-3-4-6-25(24)31-2)23-9-7-20(8-10-23)21-11-16-32-19-21/h3-11,16-17,19H,12-15,18H2,1-2H3. The van der Waals surface area contributed by atoms with E-state index in [1.807, 2.05) is 18.3 Å². The van der Waals surface area contributed by atoms with Gasteiger partial charge in [0.1, 0.15) is 5.75 Å². The summed E-state index contributed by atoms with van der Waals surface area (Å²) < 4.78 is 7.78. The van der Waals surface area contributed by atoms with E-state index in [0.29, 0.717) is 0 Å². The molecule has 1 aliphatic rings. The summed E-state index contributed by atoms with van der Waals surface area (Å²) in [5, 5.41) is 9.13. The van der Waals surface area contributed by atoms with Crippen LogP contribution in [0.25, 0.3) is 28.1 Å². The van der Waals surface area contributed by atoms with E-state index in [1.54, 1.807) is 18.4 Å². The van der Waals surface area contributed by atoms with E-state index < -0.39 is 0 Å². The first kappa shape index (κ1) is 20.9. The van der Waals surface area contributed by atoms with Crippen LogP contribution >= 0.6 is 11.3 Å². The van der Waals surface area contributed by atoms with Crippen LogP contribution in [-0.2, 0) is 6.54 Å². The van der Waals surface area contributed by atoms with Crippen molar-refractivity contribution in [1.82, 2.24) is 19.6 Å². The maximum Gasteiger partial charge on any atom is 0.128 e. The fraction of sp³-hybridized carbons (Fsp3) is 0.269. The van der Waals surface area contributed by atoms with Crippen LogP contribution in [0, 0.1) is 0 Å². The minimum absolute atomic E-state index is 0.865. The molecule has 0 atom stereocenters. The summed E-state index contributed by atoms with van der Waals surface area (Å²) >= 11 is 1.72. The highest BCUT2D eigenvalue weighted by atomic mass is 32.1. The molecule has 0 radical (unpaired) electrons. The van der Waals surface area contributed by atoms with E-state index in [-0.39, 0.29) is 0 Å². The molecule has 0 N–H and O–H groups in total. The van der Waals surface area contributed by atoms with E-state index in [1.165, 1.54) is 16.7 Å². The van der Waals surface area contributed by atoms with Gasteiger partial charge < -0.3 is 9.64 Å². The third-order valence-corrected chi connectivity index (χ3v) is 6.85. The van der Waals surface area contributed by atoms with Crippen LogP contribution in [0.1, 0.15) is 5.56 Å². The van der Waals surface area contributed by atoms with E-state index >= 15 is 0 Å². The lowest BCUT2D eigenvalue weighted by Crippen LogP contribution is -2.43. The van der Waals surface area contributed by atoms with Gasteiger partial charge in [-0.25, -0.2) is 4.68 Å². The van der Waals surface area contributed by atoms with Crippen molar-refractivity contribution < 1.29 is 4.74 Å². The van der Waals surface area contributed by atoms with Crippen molar-refractivity contribution in [2.75, 3.05) is 40.3 Å². The normalized spacial score (nSPS) is 15.2. The molecule has 32 heavy (non-hydrogen) atoms. The van der Waals surface area contributed by atoms with Gasteiger partial charge >= 0.3 is 0 Å². The maximum atomic E-state index is 5.73. The van der Waals surface area contributed by atoms with Gasteiger partial charge in [0.15, 0.2) is 0 Å². The second-order valence-electron chi connectivity index (χ2n) is 8.27. The number of benzene rings is 2. The van der Waals surface area contributed by atoms with E-state index in [4.69, 9.17) is 9.84 Å². The highest BCUT2D eigenvalue weighted by molar-refractivity contribution is 7.08. The monoisotopic (exact) mass is 444 g/mol. The fourth-order valence-electron chi connectivity index (χ4n) is 4.29. The van der Waals surface area contributed by atoms with Crippen molar-refractivity contribution in [3.8, 4) is 33.8 Å². The average Bonchev–Trinajstić information content (AvgIpc) is 3.51. The smallest absolute Gasteiger partial charge is 0.128 e. The number of methoxy groups -OCH3 is 1. The molecule has 0 unspecified atom stereocenters. The van der Waals surface area contributed by atoms with Crippen molar-refractivity contribution in [2.45, 2.75) is 6.54 Å². The Morgan fingerprint density at radius 1 is 0.938 bits per heavy atom. The molecule has 3 heterocycles. The summed E-state index contributed by atoms with van der Waals surface area (Å²) in [5.74, 6) is 0.865. The number of hydrogen-bond acceptors (Lipinski definition) is 5. The Morgan fingerprint density at radius 3 is 2.44 bits per heavy atom. The summed E-state index contributed by atoms with van der Waals surface area (Å²) in [6.45, 7) is 5.23. The molecule has 1 aliphatic heterocycles. The highest BCUT2D eigenvalue weighted by Crippen LogP contribution is 2.35. The maximum absolute atomic E-state index is 5.73. The van der Waals surface area contributed by atoms with Crippen LogP contribution in [-0.4, -0.2) is 59.9 Å². The summed E-state index contributed by atoms with van der Waals surface area (Å²) in [7, 11) is 3.92. The highest BCUT2D eigenvalue weighted by Gasteiger charge is 2.21. The predicted octanol–water partition coefficient (Wildman–Crippen LogP) is 5.02. The molecule has 2 aromatic carbocycles. The molecule has 1 fully saturated rings. The minimum Gasteiger partial charge on any atom is -0.496 e. The Balaban J connectivity index is 1.54. The number of rotatable bonds is 6. The average molecular weight is 445 g/mol. The number of thiophene rings is 1. The van der Waals surface area contributed by atoms with Gasteiger partial charge in [-0.1, -0.05) is 24.3 Å². The molecule has 164 valence electrons. The number of piperazine rings is 1. The van der Waals surface area contributed by atoms with E-state index in [2.05, 4.69) is 74.8 Å². The molecule has 0 saturated carbocycles. The molecule has 4 aromatic rings. The molecule has 6 heteroatoms. The van der Waals surface area contributed by atoms with Gasteiger partial charge in [-0.2, -0.15) is 16.4 Å². The largest absolute Gasteiger partial charge is 0.496 e. The molecule has 0 spiro atoms. The lowest BCUT2D eigenvalue weighted by atomic mass is 10.0. The molecule has 0 aliphatic carbocycles. The van der Waals surface area contributed by atoms with Gasteiger partial charge in [0.2, 0.25) is 0 Å². The van der Waals surface area contributed by atoms with E-state index in [0.717, 1.165) is 55.4 Å².